The van der Waals surface area contributed by atoms with E-state index in [1.807, 2.05) is 24.3 Å². The summed E-state index contributed by atoms with van der Waals surface area (Å²) >= 11 is 1.57. The number of anilines is 3. The summed E-state index contributed by atoms with van der Waals surface area (Å²) in [6, 6.07) is 12.0. The summed E-state index contributed by atoms with van der Waals surface area (Å²) < 4.78 is 0. The Labute approximate surface area is 151 Å². The molecule has 128 valence electrons. The third kappa shape index (κ3) is 4.06. The molecule has 5 heteroatoms. The lowest BCUT2D eigenvalue weighted by Gasteiger charge is -2.09. The molecule has 0 saturated heterocycles. The number of benzene rings is 2. The van der Waals surface area contributed by atoms with E-state index in [1.165, 1.54) is 29.2 Å². The van der Waals surface area contributed by atoms with Crippen LogP contribution in [-0.4, -0.2) is 10.9 Å². The monoisotopic (exact) mass is 351 g/mol. The number of hydrogen-bond donors (Lipinski definition) is 2. The van der Waals surface area contributed by atoms with Crippen LogP contribution in [0.4, 0.5) is 16.5 Å². The average molecular weight is 351 g/mol. The van der Waals surface area contributed by atoms with Crippen molar-refractivity contribution in [3.63, 3.8) is 0 Å². The van der Waals surface area contributed by atoms with Crippen LogP contribution < -0.4 is 10.6 Å². The van der Waals surface area contributed by atoms with Crippen LogP contribution in [0.1, 0.15) is 23.6 Å². The van der Waals surface area contributed by atoms with Crippen LogP contribution in [0.25, 0.3) is 11.3 Å². The second-order valence-electron chi connectivity index (χ2n) is 6.20. The topological polar surface area (TPSA) is 54.0 Å². The van der Waals surface area contributed by atoms with Gasteiger partial charge < -0.3 is 10.6 Å². The molecule has 0 atom stereocenters. The summed E-state index contributed by atoms with van der Waals surface area (Å²) in [5.41, 5.74) is 7.58. The molecule has 1 aromatic heterocycles. The molecule has 0 spiro atoms. The zero-order valence-corrected chi connectivity index (χ0v) is 15.6. The van der Waals surface area contributed by atoms with Gasteiger partial charge in [-0.25, -0.2) is 4.98 Å². The van der Waals surface area contributed by atoms with Crippen LogP contribution in [0.15, 0.2) is 41.8 Å². The molecule has 2 N–H and O–H groups in total. The molecule has 3 aromatic rings. The first-order valence-corrected chi connectivity index (χ1v) is 8.99. The Bertz CT molecular complexity index is 907. The van der Waals surface area contributed by atoms with Crippen LogP contribution in [0, 0.1) is 20.8 Å². The summed E-state index contributed by atoms with van der Waals surface area (Å²) in [5.74, 6) is -0.0843. The van der Waals surface area contributed by atoms with Crippen molar-refractivity contribution in [3.05, 3.63) is 58.5 Å². The Morgan fingerprint density at radius 1 is 1.04 bits per heavy atom. The number of aromatic nitrogens is 1. The number of thiazole rings is 1. The molecule has 1 amide bonds. The highest BCUT2D eigenvalue weighted by Crippen LogP contribution is 2.32. The summed E-state index contributed by atoms with van der Waals surface area (Å²) in [4.78, 5) is 15.9. The molecular weight excluding hydrogens is 330 g/mol. The van der Waals surface area contributed by atoms with Crippen molar-refractivity contribution in [2.45, 2.75) is 27.7 Å². The Morgan fingerprint density at radius 2 is 1.72 bits per heavy atom. The van der Waals surface area contributed by atoms with Crippen molar-refractivity contribution >= 4 is 33.8 Å². The van der Waals surface area contributed by atoms with Gasteiger partial charge in [0.05, 0.1) is 5.69 Å². The molecule has 4 nitrogen and oxygen atoms in total. The zero-order valence-electron chi connectivity index (χ0n) is 14.8. The van der Waals surface area contributed by atoms with E-state index in [9.17, 15) is 4.79 Å². The standard InChI is InChI=1S/C20H21N3OS/c1-12-8-13(2)19(14(3)9-12)18-11-25-20(23-18)22-17-7-5-6-16(10-17)21-15(4)24/h5-11H,1-4H3,(H,21,24)(H,22,23). The fraction of sp³-hybridized carbons (Fsp3) is 0.200. The van der Waals surface area contributed by atoms with Crippen LogP contribution in [0.5, 0.6) is 0 Å². The molecule has 0 radical (unpaired) electrons. The largest absolute Gasteiger partial charge is 0.331 e. The van der Waals surface area contributed by atoms with Gasteiger partial charge in [0.2, 0.25) is 5.91 Å². The number of nitrogens with one attached hydrogen (secondary N) is 2. The van der Waals surface area contributed by atoms with Crippen LogP contribution >= 0.6 is 11.3 Å². The third-order valence-corrected chi connectivity index (χ3v) is 4.63. The van der Waals surface area contributed by atoms with Crippen molar-refractivity contribution in [2.75, 3.05) is 10.6 Å². The van der Waals surface area contributed by atoms with Gasteiger partial charge in [-0.1, -0.05) is 23.8 Å². The highest BCUT2D eigenvalue weighted by atomic mass is 32.1. The van der Waals surface area contributed by atoms with E-state index in [-0.39, 0.29) is 5.91 Å². The summed E-state index contributed by atoms with van der Waals surface area (Å²) in [5, 5.41) is 9.00. The average Bonchev–Trinajstić information content (AvgIpc) is 2.94. The van der Waals surface area contributed by atoms with Gasteiger partial charge >= 0.3 is 0 Å². The molecule has 1 heterocycles. The van der Waals surface area contributed by atoms with Crippen LogP contribution in [-0.2, 0) is 4.79 Å². The van der Waals surface area contributed by atoms with E-state index in [0.717, 1.165) is 22.2 Å². The third-order valence-electron chi connectivity index (χ3n) is 3.87. The zero-order chi connectivity index (χ0) is 18.0. The van der Waals surface area contributed by atoms with Gasteiger partial charge in [-0.2, -0.15) is 0 Å². The second kappa shape index (κ2) is 7.07. The van der Waals surface area contributed by atoms with Crippen LogP contribution in [0.2, 0.25) is 0 Å². The van der Waals surface area contributed by atoms with Gasteiger partial charge in [0.15, 0.2) is 5.13 Å². The predicted octanol–water partition coefficient (Wildman–Crippen LogP) is 5.44. The molecule has 3 rings (SSSR count). The smallest absolute Gasteiger partial charge is 0.221 e. The number of amides is 1. The number of carbonyl (C=O) groups excluding carboxylic acids is 1. The lowest BCUT2D eigenvalue weighted by atomic mass is 9.98. The minimum Gasteiger partial charge on any atom is -0.331 e. The Hall–Kier alpha value is -2.66. The number of aryl methyl sites for hydroxylation is 3. The first-order valence-electron chi connectivity index (χ1n) is 8.11. The van der Waals surface area contributed by atoms with E-state index < -0.39 is 0 Å². The Kier molecular flexibility index (Phi) is 4.86. The normalized spacial score (nSPS) is 10.6. The molecule has 0 fully saturated rings. The number of nitrogens with zero attached hydrogens (tertiary/aromatic N) is 1. The quantitative estimate of drug-likeness (QED) is 0.658. The van der Waals surface area contributed by atoms with Crippen molar-refractivity contribution in [1.82, 2.24) is 4.98 Å². The van der Waals surface area contributed by atoms with E-state index in [2.05, 4.69) is 48.9 Å². The fourth-order valence-electron chi connectivity index (χ4n) is 3.03. The SMILES string of the molecule is CC(=O)Nc1cccc(Nc2nc(-c3c(C)cc(C)cc3C)cs2)c1. The number of rotatable bonds is 4. The predicted molar refractivity (Wildman–Crippen MR) is 106 cm³/mol. The van der Waals surface area contributed by atoms with Gasteiger partial charge in [0.1, 0.15) is 0 Å². The van der Waals surface area contributed by atoms with E-state index in [0.29, 0.717) is 0 Å². The van der Waals surface area contributed by atoms with Gasteiger partial charge in [-0.15, -0.1) is 11.3 Å². The lowest BCUT2D eigenvalue weighted by molar-refractivity contribution is -0.114. The molecule has 0 saturated carbocycles. The maximum Gasteiger partial charge on any atom is 0.221 e. The van der Waals surface area contributed by atoms with Crippen molar-refractivity contribution < 1.29 is 4.79 Å². The molecule has 0 aliphatic rings. The van der Waals surface area contributed by atoms with Crippen molar-refractivity contribution in [2.24, 2.45) is 0 Å². The molecule has 2 aromatic carbocycles. The Balaban J connectivity index is 1.84. The highest BCUT2D eigenvalue weighted by Gasteiger charge is 2.11. The van der Waals surface area contributed by atoms with Gasteiger partial charge in [0, 0.05) is 29.2 Å². The lowest BCUT2D eigenvalue weighted by Crippen LogP contribution is -2.05. The van der Waals surface area contributed by atoms with E-state index in [4.69, 9.17) is 4.98 Å². The molecule has 0 aliphatic heterocycles. The number of hydrogen-bond acceptors (Lipinski definition) is 4. The van der Waals surface area contributed by atoms with Gasteiger partial charge in [-0.3, -0.25) is 4.79 Å². The first kappa shape index (κ1) is 17.2. The molecule has 0 aliphatic carbocycles. The van der Waals surface area contributed by atoms with E-state index in [1.54, 1.807) is 11.3 Å². The first-order chi connectivity index (χ1) is 11.9. The summed E-state index contributed by atoms with van der Waals surface area (Å²) in [6.45, 7) is 7.86. The second-order valence-corrected chi connectivity index (χ2v) is 7.06. The summed E-state index contributed by atoms with van der Waals surface area (Å²) in [6.07, 6.45) is 0. The maximum atomic E-state index is 11.2. The minimum atomic E-state index is -0.0843. The van der Waals surface area contributed by atoms with Crippen molar-refractivity contribution in [3.8, 4) is 11.3 Å². The molecule has 0 bridgehead atoms. The van der Waals surface area contributed by atoms with Gasteiger partial charge in [-0.05, 0) is 50.1 Å². The summed E-state index contributed by atoms with van der Waals surface area (Å²) in [7, 11) is 0. The van der Waals surface area contributed by atoms with Gasteiger partial charge in [0.25, 0.3) is 0 Å². The van der Waals surface area contributed by atoms with Crippen molar-refractivity contribution in [1.29, 1.82) is 0 Å². The van der Waals surface area contributed by atoms with Crippen LogP contribution in [0.3, 0.4) is 0 Å². The minimum absolute atomic E-state index is 0.0843. The molecular formula is C20H21N3OS. The van der Waals surface area contributed by atoms with E-state index >= 15 is 0 Å². The fourth-order valence-corrected chi connectivity index (χ4v) is 3.75. The highest BCUT2D eigenvalue weighted by molar-refractivity contribution is 7.14. The Morgan fingerprint density at radius 3 is 2.40 bits per heavy atom. The number of carbonyl (C=O) groups is 1. The molecule has 25 heavy (non-hydrogen) atoms. The maximum absolute atomic E-state index is 11.2. The molecule has 0 unspecified atom stereocenters.